The molecule has 0 radical (unpaired) electrons. The van der Waals surface area contributed by atoms with Gasteiger partial charge in [0.05, 0.1) is 12.2 Å². The van der Waals surface area contributed by atoms with Gasteiger partial charge >= 0.3 is 5.97 Å². The van der Waals surface area contributed by atoms with Crippen LogP contribution >= 0.6 is 11.3 Å². The Labute approximate surface area is 176 Å². The van der Waals surface area contributed by atoms with Crippen molar-refractivity contribution in [3.8, 4) is 5.75 Å². The van der Waals surface area contributed by atoms with E-state index in [0.29, 0.717) is 27.4 Å². The normalized spacial score (nSPS) is 10.3. The minimum atomic E-state index is -0.503. The van der Waals surface area contributed by atoms with Gasteiger partial charge in [0, 0.05) is 11.1 Å². The molecule has 0 aliphatic rings. The summed E-state index contributed by atoms with van der Waals surface area (Å²) in [5.41, 5.74) is 1.08. The maximum absolute atomic E-state index is 13.0. The second-order valence-electron chi connectivity index (χ2n) is 6.08. The number of carbonyl (C=O) groups excluding carboxylic acids is 3. The summed E-state index contributed by atoms with van der Waals surface area (Å²) in [7, 11) is 0. The van der Waals surface area contributed by atoms with E-state index in [4.69, 9.17) is 9.47 Å². The van der Waals surface area contributed by atoms with Gasteiger partial charge in [-0.2, -0.15) is 0 Å². The summed E-state index contributed by atoms with van der Waals surface area (Å²) >= 11 is 1.21. The lowest BCUT2D eigenvalue weighted by Gasteiger charge is -2.08. The molecule has 0 aliphatic heterocycles. The molecule has 0 saturated heterocycles. The van der Waals surface area contributed by atoms with Crippen LogP contribution in [0.25, 0.3) is 0 Å². The van der Waals surface area contributed by atoms with Crippen LogP contribution in [0.1, 0.15) is 33.2 Å². The fraction of sp³-hybridized carbons (Fsp3) is 0.136. The summed E-state index contributed by atoms with van der Waals surface area (Å²) in [5, 5.41) is 4.70. The number of esters is 1. The molecule has 0 fully saturated rings. The lowest BCUT2D eigenvalue weighted by molar-refractivity contribution is -0.118. The molecular weight excluding hydrogens is 409 g/mol. The number of anilines is 1. The molecule has 8 heteroatoms. The third kappa shape index (κ3) is 5.30. The zero-order valence-corrected chi connectivity index (χ0v) is 16.8. The van der Waals surface area contributed by atoms with Crippen molar-refractivity contribution in [1.82, 2.24) is 0 Å². The standard InChI is InChI=1S/C22H18FNO5S/c1-2-28-22(27)18-11-12-30-21(18)24-19(25)13-29-17-9-5-15(6-10-17)20(26)14-3-7-16(23)8-4-14/h3-12H,2,13H2,1H3,(H,24,25). The van der Waals surface area contributed by atoms with E-state index in [2.05, 4.69) is 5.32 Å². The molecule has 6 nitrogen and oxygen atoms in total. The molecule has 0 atom stereocenters. The molecule has 1 heterocycles. The summed E-state index contributed by atoms with van der Waals surface area (Å²) in [6.07, 6.45) is 0. The summed E-state index contributed by atoms with van der Waals surface area (Å²) < 4.78 is 23.4. The number of hydrogen-bond donors (Lipinski definition) is 1. The van der Waals surface area contributed by atoms with Crippen molar-refractivity contribution in [3.05, 3.63) is 82.5 Å². The van der Waals surface area contributed by atoms with Crippen LogP contribution in [0.15, 0.2) is 60.0 Å². The molecule has 0 saturated carbocycles. The van der Waals surface area contributed by atoms with Crippen molar-refractivity contribution in [2.24, 2.45) is 0 Å². The predicted octanol–water partition coefficient (Wildman–Crippen LogP) is 4.31. The average Bonchev–Trinajstić information content (AvgIpc) is 3.21. The van der Waals surface area contributed by atoms with Crippen molar-refractivity contribution < 1.29 is 28.2 Å². The monoisotopic (exact) mass is 427 g/mol. The second kappa shape index (κ2) is 9.80. The van der Waals surface area contributed by atoms with Gasteiger partial charge in [0.25, 0.3) is 5.91 Å². The first-order valence-electron chi connectivity index (χ1n) is 9.05. The van der Waals surface area contributed by atoms with E-state index < -0.39 is 17.7 Å². The van der Waals surface area contributed by atoms with Gasteiger partial charge in [-0.3, -0.25) is 9.59 Å². The van der Waals surface area contributed by atoms with Crippen molar-refractivity contribution in [2.75, 3.05) is 18.5 Å². The Morgan fingerprint density at radius 1 is 0.967 bits per heavy atom. The van der Waals surface area contributed by atoms with Gasteiger partial charge in [0.2, 0.25) is 0 Å². The van der Waals surface area contributed by atoms with Crippen LogP contribution < -0.4 is 10.1 Å². The Balaban J connectivity index is 1.56. The largest absolute Gasteiger partial charge is 0.484 e. The highest BCUT2D eigenvalue weighted by molar-refractivity contribution is 7.14. The summed E-state index contributed by atoms with van der Waals surface area (Å²) in [5.74, 6) is -1.20. The fourth-order valence-electron chi connectivity index (χ4n) is 2.56. The van der Waals surface area contributed by atoms with E-state index in [1.165, 1.54) is 35.6 Å². The molecule has 154 valence electrons. The first-order valence-corrected chi connectivity index (χ1v) is 9.93. The molecule has 30 heavy (non-hydrogen) atoms. The number of rotatable bonds is 8. The number of ether oxygens (including phenoxy) is 2. The van der Waals surface area contributed by atoms with Crippen LogP contribution in [0.4, 0.5) is 9.39 Å². The Morgan fingerprint density at radius 3 is 2.23 bits per heavy atom. The van der Waals surface area contributed by atoms with Crippen LogP contribution in [0, 0.1) is 5.82 Å². The topological polar surface area (TPSA) is 81.7 Å². The highest BCUT2D eigenvalue weighted by Gasteiger charge is 2.16. The molecule has 1 N–H and O–H groups in total. The Hall–Kier alpha value is -3.52. The number of benzene rings is 2. The first kappa shape index (κ1) is 21.2. The third-order valence-electron chi connectivity index (χ3n) is 4.01. The molecule has 2 aromatic carbocycles. The van der Waals surface area contributed by atoms with E-state index in [1.807, 2.05) is 0 Å². The molecule has 0 bridgehead atoms. The third-order valence-corrected chi connectivity index (χ3v) is 4.84. The van der Waals surface area contributed by atoms with Gasteiger partial charge in [-0.15, -0.1) is 11.3 Å². The van der Waals surface area contributed by atoms with Crippen LogP contribution in [-0.4, -0.2) is 30.9 Å². The zero-order valence-electron chi connectivity index (χ0n) is 16.0. The highest BCUT2D eigenvalue weighted by atomic mass is 32.1. The van der Waals surface area contributed by atoms with Gasteiger partial charge in [-0.05, 0) is 66.9 Å². The highest BCUT2D eigenvalue weighted by Crippen LogP contribution is 2.24. The van der Waals surface area contributed by atoms with Gasteiger partial charge < -0.3 is 14.8 Å². The molecule has 1 amide bonds. The maximum atomic E-state index is 13.0. The SMILES string of the molecule is CCOC(=O)c1ccsc1NC(=O)COc1ccc(C(=O)c2ccc(F)cc2)cc1. The molecule has 1 aromatic heterocycles. The van der Waals surface area contributed by atoms with E-state index in [9.17, 15) is 18.8 Å². The molecular formula is C22H18FNO5S. The van der Waals surface area contributed by atoms with Crippen molar-refractivity contribution in [3.63, 3.8) is 0 Å². The fourth-order valence-corrected chi connectivity index (χ4v) is 3.35. The molecule has 0 unspecified atom stereocenters. The molecule has 0 spiro atoms. The van der Waals surface area contributed by atoms with Crippen LogP contribution in [0.3, 0.4) is 0 Å². The zero-order chi connectivity index (χ0) is 21.5. The van der Waals surface area contributed by atoms with Gasteiger partial charge in [-0.1, -0.05) is 0 Å². The van der Waals surface area contributed by atoms with Crippen LogP contribution in [0.5, 0.6) is 5.75 Å². The Kier molecular flexibility index (Phi) is 6.92. The van der Waals surface area contributed by atoms with E-state index in [0.717, 1.165) is 0 Å². The summed E-state index contributed by atoms with van der Waals surface area (Å²) in [6.45, 7) is 1.67. The van der Waals surface area contributed by atoms with E-state index in [-0.39, 0.29) is 19.0 Å². The number of thiophene rings is 1. The maximum Gasteiger partial charge on any atom is 0.341 e. The van der Waals surface area contributed by atoms with Crippen LogP contribution in [0.2, 0.25) is 0 Å². The number of amides is 1. The minimum Gasteiger partial charge on any atom is -0.484 e. The quantitative estimate of drug-likeness (QED) is 0.428. The Morgan fingerprint density at radius 2 is 1.60 bits per heavy atom. The summed E-state index contributed by atoms with van der Waals surface area (Å²) in [6, 6.07) is 13.1. The minimum absolute atomic E-state index is 0.241. The predicted molar refractivity (Wildman–Crippen MR) is 111 cm³/mol. The molecule has 3 rings (SSSR count). The number of carbonyl (C=O) groups is 3. The van der Waals surface area contributed by atoms with Gasteiger partial charge in [0.1, 0.15) is 16.6 Å². The molecule has 0 aliphatic carbocycles. The van der Waals surface area contributed by atoms with E-state index in [1.54, 1.807) is 42.6 Å². The Bertz CT molecular complexity index is 1040. The lowest BCUT2D eigenvalue weighted by Crippen LogP contribution is -2.21. The van der Waals surface area contributed by atoms with Crippen molar-refractivity contribution in [2.45, 2.75) is 6.92 Å². The van der Waals surface area contributed by atoms with Crippen molar-refractivity contribution in [1.29, 1.82) is 0 Å². The lowest BCUT2D eigenvalue weighted by atomic mass is 10.0. The first-order chi connectivity index (χ1) is 14.5. The second-order valence-corrected chi connectivity index (χ2v) is 7.00. The average molecular weight is 427 g/mol. The van der Waals surface area contributed by atoms with Gasteiger partial charge in [0.15, 0.2) is 12.4 Å². The number of halogens is 1. The molecule has 3 aromatic rings. The smallest absolute Gasteiger partial charge is 0.341 e. The van der Waals surface area contributed by atoms with Crippen LogP contribution in [-0.2, 0) is 9.53 Å². The summed E-state index contributed by atoms with van der Waals surface area (Å²) in [4.78, 5) is 36.4. The number of ketones is 1. The number of nitrogens with one attached hydrogen (secondary N) is 1. The van der Waals surface area contributed by atoms with Crippen molar-refractivity contribution >= 4 is 34.0 Å². The van der Waals surface area contributed by atoms with Gasteiger partial charge in [-0.25, -0.2) is 9.18 Å². The number of hydrogen-bond acceptors (Lipinski definition) is 6. The van der Waals surface area contributed by atoms with E-state index >= 15 is 0 Å².